The first-order chi connectivity index (χ1) is 9.24. The fourth-order valence-corrected chi connectivity index (χ4v) is 4.77. The van der Waals surface area contributed by atoms with Gasteiger partial charge in [-0.3, -0.25) is 4.79 Å². The lowest BCUT2D eigenvalue weighted by Crippen LogP contribution is -2.40. The Morgan fingerprint density at radius 2 is 2.05 bits per heavy atom. The maximum Gasteiger partial charge on any atom is 0.227 e. The van der Waals surface area contributed by atoms with Crippen LogP contribution in [0.5, 0.6) is 0 Å². The summed E-state index contributed by atoms with van der Waals surface area (Å²) in [5.74, 6) is 0.370. The third-order valence-corrected chi connectivity index (χ3v) is 6.28. The van der Waals surface area contributed by atoms with Crippen LogP contribution in [0.3, 0.4) is 0 Å². The van der Waals surface area contributed by atoms with E-state index in [1.54, 1.807) is 11.3 Å². The zero-order chi connectivity index (χ0) is 13.2. The molecule has 2 nitrogen and oxygen atoms in total. The van der Waals surface area contributed by atoms with Crippen LogP contribution in [0.2, 0.25) is 0 Å². The smallest absolute Gasteiger partial charge is 0.227 e. The van der Waals surface area contributed by atoms with Gasteiger partial charge in [0.05, 0.1) is 5.92 Å². The molecule has 1 atom stereocenters. The molecule has 2 aliphatic rings. The molecule has 3 rings (SSSR count). The van der Waals surface area contributed by atoms with Crippen molar-refractivity contribution in [1.29, 1.82) is 0 Å². The van der Waals surface area contributed by atoms with Gasteiger partial charge >= 0.3 is 0 Å². The number of halogens is 1. The lowest BCUT2D eigenvalue weighted by atomic mass is 9.86. The van der Waals surface area contributed by atoms with Crippen molar-refractivity contribution in [3.8, 4) is 0 Å². The van der Waals surface area contributed by atoms with E-state index in [4.69, 9.17) is 0 Å². The van der Waals surface area contributed by atoms with E-state index in [-0.39, 0.29) is 11.8 Å². The molecule has 2 aliphatic carbocycles. The highest BCUT2D eigenvalue weighted by Crippen LogP contribution is 2.35. The average molecular weight is 342 g/mol. The second-order valence-electron chi connectivity index (χ2n) is 5.70. The van der Waals surface area contributed by atoms with E-state index in [9.17, 15) is 4.79 Å². The average Bonchev–Trinajstić information content (AvgIpc) is 2.89. The Balaban J connectivity index is 1.63. The number of hydrogen-bond acceptors (Lipinski definition) is 2. The summed E-state index contributed by atoms with van der Waals surface area (Å²) in [6.07, 6.45) is 7.92. The lowest BCUT2D eigenvalue weighted by Gasteiger charge is -2.29. The number of nitrogens with one attached hydrogen (secondary N) is 1. The molecule has 1 aromatic heterocycles. The Labute approximate surface area is 127 Å². The maximum absolute atomic E-state index is 12.5. The van der Waals surface area contributed by atoms with Crippen molar-refractivity contribution in [1.82, 2.24) is 5.32 Å². The number of amides is 1. The molecule has 0 bridgehead atoms. The minimum Gasteiger partial charge on any atom is -0.353 e. The molecule has 1 heterocycles. The highest BCUT2D eigenvalue weighted by atomic mass is 79.9. The zero-order valence-electron chi connectivity index (χ0n) is 11.0. The van der Waals surface area contributed by atoms with Gasteiger partial charge in [-0.05, 0) is 62.0 Å². The van der Waals surface area contributed by atoms with Crippen LogP contribution in [0.1, 0.15) is 54.9 Å². The summed E-state index contributed by atoms with van der Waals surface area (Å²) >= 11 is 5.47. The first-order valence-corrected chi connectivity index (χ1v) is 9.04. The Hall–Kier alpha value is -0.350. The molecule has 1 aromatic rings. The summed E-state index contributed by atoms with van der Waals surface area (Å²) in [5.41, 5.74) is 1.29. The summed E-state index contributed by atoms with van der Waals surface area (Å²) in [6, 6.07) is 2.55. The monoisotopic (exact) mass is 341 g/mol. The van der Waals surface area contributed by atoms with Crippen LogP contribution in [-0.4, -0.2) is 16.8 Å². The largest absolute Gasteiger partial charge is 0.353 e. The molecule has 4 heteroatoms. The van der Waals surface area contributed by atoms with Crippen molar-refractivity contribution in [3.05, 3.63) is 21.9 Å². The van der Waals surface area contributed by atoms with E-state index in [1.165, 1.54) is 23.3 Å². The van der Waals surface area contributed by atoms with E-state index in [2.05, 4.69) is 32.7 Å². The van der Waals surface area contributed by atoms with E-state index < -0.39 is 0 Å². The number of aryl methyl sites for hydroxylation is 1. The summed E-state index contributed by atoms with van der Waals surface area (Å²) in [7, 11) is 0. The number of hydrogen-bond donors (Lipinski definition) is 1. The highest BCUT2D eigenvalue weighted by molar-refractivity contribution is 9.09. The minimum absolute atomic E-state index is 0.108. The van der Waals surface area contributed by atoms with E-state index in [0.29, 0.717) is 10.9 Å². The van der Waals surface area contributed by atoms with Crippen LogP contribution in [0.15, 0.2) is 11.4 Å². The zero-order valence-corrected chi connectivity index (χ0v) is 13.4. The molecule has 104 valence electrons. The number of carbonyl (C=O) groups excluding carboxylic acids is 1. The Kier molecular flexibility index (Phi) is 4.27. The summed E-state index contributed by atoms with van der Waals surface area (Å²) in [6.45, 7) is 0. The van der Waals surface area contributed by atoms with Gasteiger partial charge in [0.25, 0.3) is 0 Å². The standard InChI is InChI=1S/C15H20BrNOS/c16-10-4-6-11(7-5-10)17-15(18)13-2-1-3-14-12(13)8-9-19-14/h8-11,13H,1-7H2,(H,17,18). The third kappa shape index (κ3) is 3.05. The van der Waals surface area contributed by atoms with Gasteiger partial charge < -0.3 is 5.32 Å². The Bertz CT molecular complexity index is 451. The van der Waals surface area contributed by atoms with Crippen molar-refractivity contribution in [2.24, 2.45) is 0 Å². The summed E-state index contributed by atoms with van der Waals surface area (Å²) in [4.78, 5) is 14.6. The number of thiophene rings is 1. The van der Waals surface area contributed by atoms with Crippen LogP contribution in [0.25, 0.3) is 0 Å². The van der Waals surface area contributed by atoms with Crippen molar-refractivity contribution < 1.29 is 4.79 Å². The van der Waals surface area contributed by atoms with Crippen LogP contribution in [0.4, 0.5) is 0 Å². The number of fused-ring (bicyclic) bond motifs is 1. The molecule has 1 amide bonds. The highest BCUT2D eigenvalue weighted by Gasteiger charge is 2.29. The first kappa shape index (κ1) is 13.6. The van der Waals surface area contributed by atoms with Crippen LogP contribution < -0.4 is 5.32 Å². The minimum atomic E-state index is 0.108. The molecule has 1 fully saturated rings. The molecule has 0 saturated heterocycles. The van der Waals surface area contributed by atoms with Crippen molar-refractivity contribution in [2.75, 3.05) is 0 Å². The quantitative estimate of drug-likeness (QED) is 0.809. The van der Waals surface area contributed by atoms with E-state index in [0.717, 1.165) is 32.1 Å². The second kappa shape index (κ2) is 5.96. The Morgan fingerprint density at radius 1 is 1.26 bits per heavy atom. The number of rotatable bonds is 2. The van der Waals surface area contributed by atoms with E-state index in [1.807, 2.05) is 0 Å². The van der Waals surface area contributed by atoms with Crippen LogP contribution in [-0.2, 0) is 11.2 Å². The van der Waals surface area contributed by atoms with Crippen LogP contribution in [0, 0.1) is 0 Å². The fraction of sp³-hybridized carbons (Fsp3) is 0.667. The predicted molar refractivity (Wildman–Crippen MR) is 83.1 cm³/mol. The van der Waals surface area contributed by atoms with Crippen molar-refractivity contribution in [2.45, 2.75) is 61.7 Å². The van der Waals surface area contributed by atoms with Crippen molar-refractivity contribution in [3.63, 3.8) is 0 Å². The topological polar surface area (TPSA) is 29.1 Å². The maximum atomic E-state index is 12.5. The third-order valence-electron chi connectivity index (χ3n) is 4.37. The fourth-order valence-electron chi connectivity index (χ4n) is 3.26. The molecule has 0 aliphatic heterocycles. The molecule has 1 unspecified atom stereocenters. The molecule has 1 saturated carbocycles. The summed E-state index contributed by atoms with van der Waals surface area (Å²) in [5, 5.41) is 5.42. The SMILES string of the molecule is O=C(NC1CCC(Br)CC1)C1CCCc2sccc21. The van der Waals surface area contributed by atoms with Gasteiger partial charge in [-0.2, -0.15) is 0 Å². The molecular weight excluding hydrogens is 322 g/mol. The normalized spacial score (nSPS) is 30.7. The molecule has 0 aromatic carbocycles. The lowest BCUT2D eigenvalue weighted by molar-refractivity contribution is -0.123. The van der Waals surface area contributed by atoms with Crippen LogP contribution >= 0.6 is 27.3 Å². The van der Waals surface area contributed by atoms with Gasteiger partial charge in [-0.25, -0.2) is 0 Å². The van der Waals surface area contributed by atoms with Gasteiger partial charge in [-0.15, -0.1) is 11.3 Å². The van der Waals surface area contributed by atoms with Gasteiger partial charge in [0.15, 0.2) is 0 Å². The van der Waals surface area contributed by atoms with Gasteiger partial charge in [-0.1, -0.05) is 15.9 Å². The van der Waals surface area contributed by atoms with Crippen molar-refractivity contribution >= 4 is 33.2 Å². The number of carbonyl (C=O) groups is 1. The van der Waals surface area contributed by atoms with Gasteiger partial charge in [0.1, 0.15) is 0 Å². The predicted octanol–water partition coefficient (Wildman–Crippen LogP) is 3.99. The molecule has 0 radical (unpaired) electrons. The summed E-state index contributed by atoms with van der Waals surface area (Å²) < 4.78 is 0. The van der Waals surface area contributed by atoms with E-state index >= 15 is 0 Å². The van der Waals surface area contributed by atoms with Gasteiger partial charge in [0, 0.05) is 15.7 Å². The second-order valence-corrected chi connectivity index (χ2v) is 8.00. The van der Waals surface area contributed by atoms with Gasteiger partial charge in [0.2, 0.25) is 5.91 Å². The Morgan fingerprint density at radius 3 is 2.84 bits per heavy atom. The molecular formula is C15H20BrNOS. The molecule has 1 N–H and O–H groups in total. The number of alkyl halides is 1. The molecule has 19 heavy (non-hydrogen) atoms. The molecule has 0 spiro atoms. The first-order valence-electron chi connectivity index (χ1n) is 7.24.